The zero-order chi connectivity index (χ0) is 15.7. The number of hydrogen-bond acceptors (Lipinski definition) is 3. The fraction of sp³-hybridized carbons (Fsp3) is 0.632. The molecule has 4 fully saturated rings. The van der Waals surface area contributed by atoms with Crippen LogP contribution in [0.4, 0.5) is 0 Å². The maximum absolute atomic E-state index is 11.0. The summed E-state index contributed by atoms with van der Waals surface area (Å²) < 4.78 is 2.37. The summed E-state index contributed by atoms with van der Waals surface area (Å²) in [5.41, 5.74) is 1.08. The van der Waals surface area contributed by atoms with E-state index in [9.17, 15) is 5.11 Å². The number of rotatable bonds is 3. The number of hydrogen-bond donors (Lipinski definition) is 1. The Bertz CT molecular complexity index is 706. The third-order valence-electron chi connectivity index (χ3n) is 6.83. The molecule has 0 spiro atoms. The molecule has 0 saturated heterocycles. The average molecular weight is 328 g/mol. The molecule has 122 valence electrons. The summed E-state index contributed by atoms with van der Waals surface area (Å²) in [4.78, 5) is 4.63. The third kappa shape index (κ3) is 2.07. The molecule has 4 aliphatic rings. The smallest absolute Gasteiger partial charge is 0.140 e. The Morgan fingerprint density at radius 2 is 2.09 bits per heavy atom. The zero-order valence-electron chi connectivity index (χ0n) is 13.6. The highest BCUT2D eigenvalue weighted by Gasteiger charge is 2.59. The normalized spacial score (nSPS) is 39.7. The standard InChI is InChI=1S/C19H24N2OS/c1-13(21-4-3-20-17(21)16-2-5-23-11-16)18-7-14-6-15(8-18)10-19(22,9-14)12-18/h2-5,11,13-15,22H,6-10,12H2,1H3/t13-,14+,15+,18?,19?/m1/s1. The number of imidazole rings is 1. The summed E-state index contributed by atoms with van der Waals surface area (Å²) in [7, 11) is 0. The lowest BCUT2D eigenvalue weighted by molar-refractivity contribution is -0.176. The van der Waals surface area contributed by atoms with Crippen molar-refractivity contribution < 1.29 is 5.11 Å². The number of aromatic nitrogens is 2. The fourth-order valence-corrected chi connectivity index (χ4v) is 6.94. The molecule has 4 heteroatoms. The largest absolute Gasteiger partial charge is 0.390 e. The lowest BCUT2D eigenvalue weighted by Crippen LogP contribution is -2.57. The van der Waals surface area contributed by atoms with Crippen LogP contribution in [0.25, 0.3) is 11.4 Å². The van der Waals surface area contributed by atoms with Crippen molar-refractivity contribution >= 4 is 11.3 Å². The first-order chi connectivity index (χ1) is 11.1. The second-order valence-corrected chi connectivity index (χ2v) is 9.17. The van der Waals surface area contributed by atoms with Gasteiger partial charge in [0, 0.05) is 29.4 Å². The van der Waals surface area contributed by atoms with E-state index in [2.05, 4.69) is 39.5 Å². The van der Waals surface area contributed by atoms with Gasteiger partial charge in [-0.2, -0.15) is 11.3 Å². The molecule has 3 nitrogen and oxygen atoms in total. The van der Waals surface area contributed by atoms with Crippen LogP contribution < -0.4 is 0 Å². The van der Waals surface area contributed by atoms with Crippen molar-refractivity contribution in [2.24, 2.45) is 17.3 Å². The summed E-state index contributed by atoms with van der Waals surface area (Å²) in [5.74, 6) is 2.55. The van der Waals surface area contributed by atoms with Crippen LogP contribution >= 0.6 is 11.3 Å². The second-order valence-electron chi connectivity index (χ2n) is 8.39. The zero-order valence-corrected chi connectivity index (χ0v) is 14.4. The van der Waals surface area contributed by atoms with Crippen LogP contribution in [0, 0.1) is 17.3 Å². The van der Waals surface area contributed by atoms with Gasteiger partial charge in [-0.25, -0.2) is 4.98 Å². The van der Waals surface area contributed by atoms with Gasteiger partial charge in [0.15, 0.2) is 0 Å². The van der Waals surface area contributed by atoms with Gasteiger partial charge in [-0.1, -0.05) is 0 Å². The Labute approximate surface area is 141 Å². The molecule has 0 aliphatic heterocycles. The molecule has 0 unspecified atom stereocenters. The predicted octanol–water partition coefficient (Wildman–Crippen LogP) is 4.50. The van der Waals surface area contributed by atoms with Gasteiger partial charge in [0.25, 0.3) is 0 Å². The molecule has 2 heterocycles. The Morgan fingerprint density at radius 1 is 1.30 bits per heavy atom. The Kier molecular flexibility index (Phi) is 2.91. The van der Waals surface area contributed by atoms with Gasteiger partial charge in [0.1, 0.15) is 5.82 Å². The molecule has 0 aromatic carbocycles. The highest BCUT2D eigenvalue weighted by Crippen LogP contribution is 2.65. The maximum atomic E-state index is 11.0. The van der Waals surface area contributed by atoms with Gasteiger partial charge in [0.05, 0.1) is 5.60 Å². The molecule has 4 saturated carbocycles. The van der Waals surface area contributed by atoms with Crippen LogP contribution in [-0.2, 0) is 0 Å². The van der Waals surface area contributed by atoms with Crippen molar-refractivity contribution in [2.45, 2.75) is 57.1 Å². The maximum Gasteiger partial charge on any atom is 0.140 e. The van der Waals surface area contributed by atoms with Crippen LogP contribution in [0.2, 0.25) is 0 Å². The van der Waals surface area contributed by atoms with Gasteiger partial charge < -0.3 is 9.67 Å². The van der Waals surface area contributed by atoms with E-state index in [1.807, 2.05) is 6.20 Å². The molecule has 2 aromatic heterocycles. The van der Waals surface area contributed by atoms with Crippen molar-refractivity contribution in [3.8, 4) is 11.4 Å². The average Bonchev–Trinajstić information content (AvgIpc) is 3.15. The van der Waals surface area contributed by atoms with E-state index in [4.69, 9.17) is 0 Å². The van der Waals surface area contributed by atoms with Gasteiger partial charge in [-0.3, -0.25) is 0 Å². The first-order valence-electron chi connectivity index (χ1n) is 8.85. The van der Waals surface area contributed by atoms with E-state index in [1.54, 1.807) is 11.3 Å². The second kappa shape index (κ2) is 4.70. The monoisotopic (exact) mass is 328 g/mol. The molecular formula is C19H24N2OS. The minimum Gasteiger partial charge on any atom is -0.390 e. The first-order valence-corrected chi connectivity index (χ1v) is 9.79. The van der Waals surface area contributed by atoms with E-state index in [0.717, 1.165) is 36.9 Å². The lowest BCUT2D eigenvalue weighted by atomic mass is 9.46. The van der Waals surface area contributed by atoms with Gasteiger partial charge in [-0.05, 0) is 74.1 Å². The number of nitrogens with zero attached hydrogens (tertiary/aromatic N) is 2. The van der Waals surface area contributed by atoms with Crippen molar-refractivity contribution in [3.05, 3.63) is 29.2 Å². The molecule has 6 rings (SSSR count). The number of aliphatic hydroxyl groups is 1. The van der Waals surface area contributed by atoms with Crippen molar-refractivity contribution in [1.82, 2.24) is 9.55 Å². The van der Waals surface area contributed by atoms with E-state index in [0.29, 0.717) is 6.04 Å². The molecule has 0 radical (unpaired) electrons. The molecule has 1 N–H and O–H groups in total. The van der Waals surface area contributed by atoms with E-state index >= 15 is 0 Å². The third-order valence-corrected chi connectivity index (χ3v) is 7.51. The SMILES string of the molecule is C[C@@H](n1ccnc1-c1ccsc1)C12C[C@@H]3C[C@H](CC(O)(C3)C1)C2. The van der Waals surface area contributed by atoms with Crippen molar-refractivity contribution in [2.75, 3.05) is 0 Å². The highest BCUT2D eigenvalue weighted by molar-refractivity contribution is 7.08. The van der Waals surface area contributed by atoms with Crippen LogP contribution in [0.5, 0.6) is 0 Å². The molecule has 4 aliphatic carbocycles. The Hall–Kier alpha value is -1.13. The lowest BCUT2D eigenvalue weighted by Gasteiger charge is -2.62. The van der Waals surface area contributed by atoms with E-state index in [-0.39, 0.29) is 11.0 Å². The quantitative estimate of drug-likeness (QED) is 0.900. The minimum atomic E-state index is -0.387. The topological polar surface area (TPSA) is 38.0 Å². The van der Waals surface area contributed by atoms with Crippen molar-refractivity contribution in [3.63, 3.8) is 0 Å². The molecule has 2 aromatic rings. The van der Waals surface area contributed by atoms with Gasteiger partial charge in [0.2, 0.25) is 0 Å². The van der Waals surface area contributed by atoms with Crippen LogP contribution in [0.1, 0.15) is 51.5 Å². The van der Waals surface area contributed by atoms with Crippen LogP contribution in [0.3, 0.4) is 0 Å². The van der Waals surface area contributed by atoms with Gasteiger partial charge in [-0.15, -0.1) is 0 Å². The first kappa shape index (κ1) is 14.2. The molecule has 4 bridgehead atoms. The molecular weight excluding hydrogens is 304 g/mol. The Balaban J connectivity index is 1.54. The minimum absolute atomic E-state index is 0.254. The summed E-state index contributed by atoms with van der Waals surface area (Å²) in [6, 6.07) is 2.56. The summed E-state index contributed by atoms with van der Waals surface area (Å²) in [6.07, 6.45) is 11.0. The van der Waals surface area contributed by atoms with Crippen LogP contribution in [-0.4, -0.2) is 20.3 Å². The summed E-state index contributed by atoms with van der Waals surface area (Å²) in [5, 5.41) is 15.3. The fourth-order valence-electron chi connectivity index (χ4n) is 6.31. The van der Waals surface area contributed by atoms with Crippen LogP contribution in [0.15, 0.2) is 29.2 Å². The summed E-state index contributed by atoms with van der Waals surface area (Å²) >= 11 is 1.72. The molecule has 23 heavy (non-hydrogen) atoms. The highest BCUT2D eigenvalue weighted by atomic mass is 32.1. The van der Waals surface area contributed by atoms with E-state index < -0.39 is 0 Å². The van der Waals surface area contributed by atoms with Gasteiger partial charge >= 0.3 is 0 Å². The number of thiophene rings is 1. The van der Waals surface area contributed by atoms with E-state index in [1.165, 1.54) is 24.8 Å². The Morgan fingerprint density at radius 3 is 2.74 bits per heavy atom. The molecule has 0 amide bonds. The molecule has 3 atom stereocenters. The van der Waals surface area contributed by atoms with Crippen molar-refractivity contribution in [1.29, 1.82) is 0 Å². The predicted molar refractivity (Wildman–Crippen MR) is 92.3 cm³/mol. The summed E-state index contributed by atoms with van der Waals surface area (Å²) in [6.45, 7) is 2.36.